The van der Waals surface area contributed by atoms with Gasteiger partial charge < -0.3 is 31.0 Å². The highest BCUT2D eigenvalue weighted by Crippen LogP contribution is 2.09. The van der Waals surface area contributed by atoms with Crippen LogP contribution in [-0.2, 0) is 20.9 Å². The highest BCUT2D eigenvalue weighted by Gasteiger charge is 2.19. The summed E-state index contributed by atoms with van der Waals surface area (Å²) in [6.45, 7) is 5.21. The van der Waals surface area contributed by atoms with E-state index >= 15 is 0 Å². The lowest BCUT2D eigenvalue weighted by atomic mass is 10.1. The molecule has 0 aliphatic heterocycles. The zero-order valence-electron chi connectivity index (χ0n) is 16.2. The van der Waals surface area contributed by atoms with Gasteiger partial charge in [-0.15, -0.1) is 0 Å². The smallest absolute Gasteiger partial charge is 0.326 e. The van der Waals surface area contributed by atoms with Gasteiger partial charge in [-0.25, -0.2) is 4.79 Å². The molecule has 0 aliphatic rings. The van der Waals surface area contributed by atoms with E-state index in [4.69, 9.17) is 21.8 Å². The lowest BCUT2D eigenvalue weighted by molar-refractivity contribution is -0.140. The maximum absolute atomic E-state index is 11.3. The highest BCUT2D eigenvalue weighted by atomic mass is 35.5. The lowest BCUT2D eigenvalue weighted by Gasteiger charge is -2.21. The molecule has 0 fully saturated rings. The molecule has 1 aromatic carbocycles. The number of aldehydes is 1. The van der Waals surface area contributed by atoms with Gasteiger partial charge in [-0.3, -0.25) is 4.79 Å². The van der Waals surface area contributed by atoms with Crippen molar-refractivity contribution >= 4 is 29.8 Å². The number of aliphatic carboxylic acids is 2. The number of hydrogen-bond donors (Lipinski definition) is 5. The molecule has 9 heteroatoms. The van der Waals surface area contributed by atoms with Crippen molar-refractivity contribution in [3.05, 3.63) is 47.3 Å². The summed E-state index contributed by atoms with van der Waals surface area (Å²) in [6, 6.07) is 6.02. The number of carbonyl (C=O) groups excluding carboxylic acids is 1. The quantitative estimate of drug-likeness (QED) is 0.201. The van der Waals surface area contributed by atoms with E-state index in [1.54, 1.807) is 0 Å². The van der Waals surface area contributed by atoms with Crippen LogP contribution in [0.3, 0.4) is 0 Å². The molecule has 0 saturated carbocycles. The molecule has 8 nitrogen and oxygen atoms in total. The average Bonchev–Trinajstić information content (AvgIpc) is 2.67. The van der Waals surface area contributed by atoms with Crippen molar-refractivity contribution < 1.29 is 24.6 Å². The number of carboxylic acid groups (broad SMARTS) is 2. The molecule has 0 aromatic heterocycles. The van der Waals surface area contributed by atoms with Gasteiger partial charge in [0.05, 0.1) is 11.9 Å². The zero-order chi connectivity index (χ0) is 21.6. The molecular formula is C20H28ClN3O5. The van der Waals surface area contributed by atoms with Gasteiger partial charge in [0.2, 0.25) is 0 Å². The van der Waals surface area contributed by atoms with E-state index in [0.717, 1.165) is 37.8 Å². The van der Waals surface area contributed by atoms with Gasteiger partial charge in [-0.05, 0) is 49.9 Å². The summed E-state index contributed by atoms with van der Waals surface area (Å²) < 4.78 is 0. The van der Waals surface area contributed by atoms with Crippen LogP contribution in [0.4, 0.5) is 0 Å². The fourth-order valence-electron chi connectivity index (χ4n) is 2.62. The van der Waals surface area contributed by atoms with Crippen molar-refractivity contribution in [1.82, 2.24) is 16.0 Å². The van der Waals surface area contributed by atoms with Crippen molar-refractivity contribution in [3.63, 3.8) is 0 Å². The van der Waals surface area contributed by atoms with E-state index in [1.165, 1.54) is 0 Å². The Balaban J connectivity index is 2.25. The fraction of sp³-hybridized carbons (Fsp3) is 0.450. The third kappa shape index (κ3) is 11.1. The maximum atomic E-state index is 11.3. The largest absolute Gasteiger partial charge is 0.481 e. The average molecular weight is 426 g/mol. The van der Waals surface area contributed by atoms with Gasteiger partial charge in [-0.2, -0.15) is 0 Å². The number of hydrogen-bond acceptors (Lipinski definition) is 6. The van der Waals surface area contributed by atoms with Crippen LogP contribution < -0.4 is 16.0 Å². The van der Waals surface area contributed by atoms with Crippen LogP contribution in [0.15, 0.2) is 36.7 Å². The second-order valence-corrected chi connectivity index (χ2v) is 7.07. The Morgan fingerprint density at radius 2 is 1.79 bits per heavy atom. The summed E-state index contributed by atoms with van der Waals surface area (Å²) >= 11 is 5.85. The highest BCUT2D eigenvalue weighted by molar-refractivity contribution is 6.30. The summed E-state index contributed by atoms with van der Waals surface area (Å²) in [6.07, 6.45) is 2.61. The lowest BCUT2D eigenvalue weighted by Crippen LogP contribution is -2.43. The molecular weight excluding hydrogens is 398 g/mol. The predicted molar refractivity (Wildman–Crippen MR) is 111 cm³/mol. The minimum atomic E-state index is -1.18. The molecule has 0 saturated heterocycles. The molecule has 0 bridgehead atoms. The van der Waals surface area contributed by atoms with Crippen LogP contribution in [0.2, 0.25) is 5.02 Å². The van der Waals surface area contributed by atoms with Crippen LogP contribution >= 0.6 is 11.6 Å². The molecule has 0 heterocycles. The first-order valence-electron chi connectivity index (χ1n) is 9.39. The van der Waals surface area contributed by atoms with Crippen LogP contribution in [0.25, 0.3) is 0 Å². The van der Waals surface area contributed by atoms with E-state index < -0.39 is 24.0 Å². The SMILES string of the molecule is C=C(N[C@H](C=O)CCCCNCc1ccc(Cl)cc1)N[C@@H](CCC(=O)O)C(=O)O. The summed E-state index contributed by atoms with van der Waals surface area (Å²) in [7, 11) is 0. The zero-order valence-corrected chi connectivity index (χ0v) is 17.0. The van der Waals surface area contributed by atoms with Crippen molar-refractivity contribution in [2.24, 2.45) is 0 Å². The molecule has 0 spiro atoms. The first-order chi connectivity index (χ1) is 13.8. The normalized spacial score (nSPS) is 12.6. The van der Waals surface area contributed by atoms with Crippen molar-refractivity contribution in [2.75, 3.05) is 6.54 Å². The number of rotatable bonds is 16. The predicted octanol–water partition coefficient (Wildman–Crippen LogP) is 2.14. The second kappa shape index (κ2) is 13.6. The van der Waals surface area contributed by atoms with E-state index in [9.17, 15) is 14.4 Å². The molecule has 5 N–H and O–H groups in total. The van der Waals surface area contributed by atoms with Gasteiger partial charge >= 0.3 is 11.9 Å². The monoisotopic (exact) mass is 425 g/mol. The second-order valence-electron chi connectivity index (χ2n) is 6.63. The Morgan fingerprint density at radius 3 is 2.38 bits per heavy atom. The Bertz CT molecular complexity index is 681. The van der Waals surface area contributed by atoms with Gasteiger partial charge in [-0.1, -0.05) is 30.3 Å². The molecule has 1 aromatic rings. The summed E-state index contributed by atoms with van der Waals surface area (Å²) in [4.78, 5) is 33.1. The number of carbonyl (C=O) groups is 3. The summed E-state index contributed by atoms with van der Waals surface area (Å²) in [5.74, 6) is -2.07. The number of unbranched alkanes of at least 4 members (excludes halogenated alkanes) is 1. The first kappa shape index (κ1) is 24.5. The van der Waals surface area contributed by atoms with Crippen molar-refractivity contribution in [3.8, 4) is 0 Å². The Morgan fingerprint density at radius 1 is 1.10 bits per heavy atom. The molecule has 29 heavy (non-hydrogen) atoms. The first-order valence-corrected chi connectivity index (χ1v) is 9.76. The third-order valence-electron chi connectivity index (χ3n) is 4.18. The van der Waals surface area contributed by atoms with Crippen LogP contribution in [-0.4, -0.2) is 47.1 Å². The van der Waals surface area contributed by atoms with Gasteiger partial charge in [0.15, 0.2) is 0 Å². The Kier molecular flexibility index (Phi) is 11.4. The third-order valence-corrected chi connectivity index (χ3v) is 4.43. The molecule has 0 radical (unpaired) electrons. The number of carboxylic acids is 2. The maximum Gasteiger partial charge on any atom is 0.326 e. The van der Waals surface area contributed by atoms with E-state index in [0.29, 0.717) is 11.4 Å². The Labute approximate surface area is 175 Å². The van der Waals surface area contributed by atoms with E-state index in [-0.39, 0.29) is 18.7 Å². The fourth-order valence-corrected chi connectivity index (χ4v) is 2.75. The van der Waals surface area contributed by atoms with Gasteiger partial charge in [0.1, 0.15) is 12.3 Å². The van der Waals surface area contributed by atoms with E-state index in [1.807, 2.05) is 24.3 Å². The molecule has 0 aliphatic carbocycles. The van der Waals surface area contributed by atoms with Crippen LogP contribution in [0.5, 0.6) is 0 Å². The number of benzene rings is 1. The van der Waals surface area contributed by atoms with Gasteiger partial charge in [0, 0.05) is 18.0 Å². The van der Waals surface area contributed by atoms with Crippen LogP contribution in [0, 0.1) is 0 Å². The van der Waals surface area contributed by atoms with Gasteiger partial charge in [0.25, 0.3) is 0 Å². The van der Waals surface area contributed by atoms with Crippen molar-refractivity contribution in [1.29, 1.82) is 0 Å². The minimum absolute atomic E-state index is 0.0869. The topological polar surface area (TPSA) is 128 Å². The molecule has 160 valence electrons. The summed E-state index contributed by atoms with van der Waals surface area (Å²) in [5.41, 5.74) is 1.14. The number of nitrogens with one attached hydrogen (secondary N) is 3. The number of halogens is 1. The molecule has 2 atom stereocenters. The molecule has 0 unspecified atom stereocenters. The standard InChI is InChI=1S/C20H28ClN3O5/c1-14(24-18(20(28)29)9-10-19(26)27)23-17(13-25)4-2-3-11-22-12-15-5-7-16(21)8-6-15/h5-8,13,17-18,22-24H,1-4,9-12H2,(H,26,27)(H,28,29)/t17-,18-/m0/s1. The van der Waals surface area contributed by atoms with Crippen LogP contribution in [0.1, 0.15) is 37.7 Å². The van der Waals surface area contributed by atoms with Crippen molar-refractivity contribution in [2.45, 2.75) is 50.7 Å². The Hall–Kier alpha value is -2.58. The minimum Gasteiger partial charge on any atom is -0.481 e. The summed E-state index contributed by atoms with van der Waals surface area (Å²) in [5, 5.41) is 27.3. The molecule has 1 rings (SSSR count). The molecule has 0 amide bonds. The van der Waals surface area contributed by atoms with E-state index in [2.05, 4.69) is 22.5 Å².